The van der Waals surface area contributed by atoms with Crippen molar-refractivity contribution in [2.75, 3.05) is 46.8 Å². The van der Waals surface area contributed by atoms with Gasteiger partial charge < -0.3 is 34.7 Å². The minimum absolute atomic E-state index is 0.00442. The maximum Gasteiger partial charge on any atom is 0.229 e. The Hall–Kier alpha value is -4.31. The number of ether oxygens (including phenoxy) is 3. The van der Waals surface area contributed by atoms with Gasteiger partial charge in [-0.3, -0.25) is 4.79 Å². The number of nitrogens with zero attached hydrogens (tertiary/aromatic N) is 3. The lowest BCUT2D eigenvalue weighted by Gasteiger charge is -2.14. The molecule has 1 amide bonds. The van der Waals surface area contributed by atoms with E-state index in [0.717, 1.165) is 35.2 Å². The van der Waals surface area contributed by atoms with Crippen molar-refractivity contribution in [3.63, 3.8) is 0 Å². The number of hydrogen-bond acceptors (Lipinski definition) is 8. The molecule has 0 bridgehead atoms. The second kappa shape index (κ2) is 12.1. The van der Waals surface area contributed by atoms with Crippen molar-refractivity contribution < 1.29 is 19.0 Å². The van der Waals surface area contributed by atoms with E-state index >= 15 is 0 Å². The number of methoxy groups -OCH3 is 3. The predicted molar refractivity (Wildman–Crippen MR) is 144 cm³/mol. The van der Waals surface area contributed by atoms with Gasteiger partial charge in [-0.1, -0.05) is 12.1 Å². The maximum absolute atomic E-state index is 12.3. The average molecular weight is 505 g/mol. The van der Waals surface area contributed by atoms with Crippen molar-refractivity contribution in [1.82, 2.24) is 25.2 Å². The molecule has 0 radical (unpaired) electrons. The predicted octanol–water partition coefficient (Wildman–Crippen LogP) is 3.46. The van der Waals surface area contributed by atoms with Crippen molar-refractivity contribution in [3.8, 4) is 22.9 Å². The highest BCUT2D eigenvalue weighted by atomic mass is 16.5. The summed E-state index contributed by atoms with van der Waals surface area (Å²) in [6, 6.07) is 13.4. The molecule has 0 fully saturated rings. The fourth-order valence-corrected chi connectivity index (χ4v) is 4.03. The lowest BCUT2D eigenvalue weighted by atomic mass is 10.1. The molecule has 2 heterocycles. The molecule has 0 spiro atoms. The largest absolute Gasteiger partial charge is 0.493 e. The third-order valence-corrected chi connectivity index (χ3v) is 5.83. The fourth-order valence-electron chi connectivity index (χ4n) is 4.03. The Morgan fingerprint density at radius 2 is 1.78 bits per heavy atom. The first-order valence-corrected chi connectivity index (χ1v) is 12.0. The van der Waals surface area contributed by atoms with Crippen LogP contribution in [0.1, 0.15) is 12.0 Å². The number of benzene rings is 2. The van der Waals surface area contributed by atoms with E-state index in [1.807, 2.05) is 48.1 Å². The molecular weight excluding hydrogens is 472 g/mol. The molecular formula is C27H32N6O4. The van der Waals surface area contributed by atoms with E-state index < -0.39 is 0 Å². The minimum atomic E-state index is 0.00442. The molecule has 10 nitrogen and oxygen atoms in total. The third kappa shape index (κ3) is 6.10. The molecule has 37 heavy (non-hydrogen) atoms. The summed E-state index contributed by atoms with van der Waals surface area (Å²) in [7, 11) is 6.59. The highest BCUT2D eigenvalue weighted by molar-refractivity contribution is 5.80. The number of carbonyl (C=O) groups excluding carboxylic acids is 1. The highest BCUT2D eigenvalue weighted by Crippen LogP contribution is 2.40. The van der Waals surface area contributed by atoms with Crippen LogP contribution in [0.2, 0.25) is 0 Å². The zero-order valence-corrected chi connectivity index (χ0v) is 21.5. The molecule has 4 aromatic rings. The van der Waals surface area contributed by atoms with Crippen LogP contribution in [0.4, 0.5) is 11.6 Å². The van der Waals surface area contributed by atoms with E-state index in [0.29, 0.717) is 41.8 Å². The topological polar surface area (TPSA) is 112 Å². The molecule has 0 saturated carbocycles. The second-order valence-electron chi connectivity index (χ2n) is 8.35. The van der Waals surface area contributed by atoms with Gasteiger partial charge in [-0.05, 0) is 43.8 Å². The molecule has 0 atom stereocenters. The number of fused-ring (bicyclic) bond motifs is 1. The molecule has 194 valence electrons. The monoisotopic (exact) mass is 504 g/mol. The average Bonchev–Trinajstić information content (AvgIpc) is 3.34. The van der Waals surface area contributed by atoms with Crippen LogP contribution in [0.5, 0.6) is 17.2 Å². The Bertz CT molecular complexity index is 1350. The zero-order chi connectivity index (χ0) is 26.2. The van der Waals surface area contributed by atoms with Crippen molar-refractivity contribution in [1.29, 1.82) is 0 Å². The van der Waals surface area contributed by atoms with Crippen LogP contribution < -0.4 is 30.2 Å². The molecule has 0 aliphatic heterocycles. The Morgan fingerprint density at radius 3 is 2.49 bits per heavy atom. The fraction of sp³-hybridized carbons (Fsp3) is 0.296. The van der Waals surface area contributed by atoms with Gasteiger partial charge in [-0.15, -0.1) is 0 Å². The van der Waals surface area contributed by atoms with E-state index in [2.05, 4.69) is 20.9 Å². The van der Waals surface area contributed by atoms with Gasteiger partial charge in [-0.2, -0.15) is 4.98 Å². The molecule has 0 aliphatic carbocycles. The van der Waals surface area contributed by atoms with E-state index in [1.165, 1.54) is 0 Å². The SMILES string of the molecule is CNCCCNC(=O)Cc1cccc(-n2ccc3cnc(Nc4cc(OC)c(OC)c(OC)c4)nc32)c1. The molecule has 2 aromatic heterocycles. The van der Waals surface area contributed by atoms with Gasteiger partial charge in [0.2, 0.25) is 17.6 Å². The summed E-state index contributed by atoms with van der Waals surface area (Å²) in [5.41, 5.74) is 3.26. The summed E-state index contributed by atoms with van der Waals surface area (Å²) in [6.45, 7) is 1.52. The molecule has 0 saturated heterocycles. The Labute approximate surface area is 216 Å². The van der Waals surface area contributed by atoms with Crippen molar-refractivity contribution >= 4 is 28.6 Å². The van der Waals surface area contributed by atoms with Gasteiger partial charge in [-0.25, -0.2) is 4.98 Å². The van der Waals surface area contributed by atoms with Gasteiger partial charge in [0.05, 0.1) is 27.8 Å². The number of anilines is 2. The van der Waals surface area contributed by atoms with Crippen LogP contribution >= 0.6 is 0 Å². The number of nitrogens with one attached hydrogen (secondary N) is 3. The van der Waals surface area contributed by atoms with Crippen LogP contribution in [-0.4, -0.2) is 61.9 Å². The normalized spacial score (nSPS) is 10.8. The van der Waals surface area contributed by atoms with Crippen LogP contribution in [0, 0.1) is 0 Å². The molecule has 10 heteroatoms. The first kappa shape index (κ1) is 25.8. The Morgan fingerprint density at radius 1 is 1.00 bits per heavy atom. The Kier molecular flexibility index (Phi) is 8.42. The van der Waals surface area contributed by atoms with Gasteiger partial charge in [0, 0.05) is 47.8 Å². The van der Waals surface area contributed by atoms with Crippen molar-refractivity contribution in [2.24, 2.45) is 0 Å². The van der Waals surface area contributed by atoms with Gasteiger partial charge in [0.25, 0.3) is 0 Å². The lowest BCUT2D eigenvalue weighted by Crippen LogP contribution is -2.27. The smallest absolute Gasteiger partial charge is 0.229 e. The van der Waals surface area contributed by atoms with E-state index in [1.54, 1.807) is 39.7 Å². The van der Waals surface area contributed by atoms with Crippen molar-refractivity contribution in [3.05, 3.63) is 60.4 Å². The zero-order valence-electron chi connectivity index (χ0n) is 21.5. The standard InChI is InChI=1S/C27H32N6O4/c1-28-10-6-11-29-24(34)14-18-7-5-8-21(13-18)33-12-9-19-17-30-27(32-26(19)33)31-20-15-22(35-2)25(37-4)23(16-20)36-3/h5,7-9,12-13,15-17,28H,6,10-11,14H2,1-4H3,(H,29,34)(H,30,31,32). The number of hydrogen-bond donors (Lipinski definition) is 3. The van der Waals surface area contributed by atoms with E-state index in [9.17, 15) is 4.79 Å². The molecule has 0 unspecified atom stereocenters. The minimum Gasteiger partial charge on any atom is -0.493 e. The Balaban J connectivity index is 1.56. The van der Waals surface area contributed by atoms with Gasteiger partial charge in [0.1, 0.15) is 5.65 Å². The quantitative estimate of drug-likeness (QED) is 0.252. The molecule has 2 aromatic carbocycles. The highest BCUT2D eigenvalue weighted by Gasteiger charge is 2.15. The number of rotatable bonds is 12. The van der Waals surface area contributed by atoms with Crippen LogP contribution in [-0.2, 0) is 11.2 Å². The molecule has 0 aliphatic rings. The summed E-state index contributed by atoms with van der Waals surface area (Å²) in [5.74, 6) is 1.98. The summed E-state index contributed by atoms with van der Waals surface area (Å²) in [5, 5.41) is 10.2. The van der Waals surface area contributed by atoms with E-state index in [4.69, 9.17) is 19.2 Å². The first-order valence-electron chi connectivity index (χ1n) is 12.0. The first-order chi connectivity index (χ1) is 18.1. The maximum atomic E-state index is 12.3. The van der Waals surface area contributed by atoms with Gasteiger partial charge in [0.15, 0.2) is 11.5 Å². The number of aromatic nitrogens is 3. The summed E-state index contributed by atoms with van der Waals surface area (Å²) < 4.78 is 18.3. The van der Waals surface area contributed by atoms with Crippen molar-refractivity contribution in [2.45, 2.75) is 12.8 Å². The summed E-state index contributed by atoms with van der Waals surface area (Å²) >= 11 is 0. The number of carbonyl (C=O) groups is 1. The summed E-state index contributed by atoms with van der Waals surface area (Å²) in [4.78, 5) is 21.6. The molecule has 3 N–H and O–H groups in total. The van der Waals surface area contributed by atoms with E-state index in [-0.39, 0.29) is 5.91 Å². The summed E-state index contributed by atoms with van der Waals surface area (Å²) in [6.07, 6.45) is 4.92. The van der Waals surface area contributed by atoms with Crippen LogP contribution in [0.3, 0.4) is 0 Å². The number of amides is 1. The lowest BCUT2D eigenvalue weighted by molar-refractivity contribution is -0.120. The molecule has 4 rings (SSSR count). The van der Waals surface area contributed by atoms with Crippen LogP contribution in [0.25, 0.3) is 16.7 Å². The van der Waals surface area contributed by atoms with Crippen LogP contribution in [0.15, 0.2) is 54.9 Å². The van der Waals surface area contributed by atoms with Gasteiger partial charge >= 0.3 is 0 Å². The third-order valence-electron chi connectivity index (χ3n) is 5.83. The second-order valence-corrected chi connectivity index (χ2v) is 8.35.